The minimum atomic E-state index is -0.463. The van der Waals surface area contributed by atoms with Crippen LogP contribution in [0.3, 0.4) is 0 Å². The molecule has 1 heterocycles. The second-order valence-electron chi connectivity index (χ2n) is 7.44. The summed E-state index contributed by atoms with van der Waals surface area (Å²) in [7, 11) is 0. The smallest absolute Gasteiger partial charge is 0.251 e. The Bertz CT molecular complexity index is 1100. The van der Waals surface area contributed by atoms with Crippen LogP contribution < -0.4 is 15.0 Å². The molecular weight excluding hydrogens is 395 g/mol. The number of anilines is 1. The van der Waals surface area contributed by atoms with Gasteiger partial charge in [-0.25, -0.2) is 4.39 Å². The summed E-state index contributed by atoms with van der Waals surface area (Å²) in [4.78, 5) is 26.5. The fourth-order valence-corrected chi connectivity index (χ4v) is 3.75. The zero-order valence-corrected chi connectivity index (χ0v) is 17.2. The minimum Gasteiger partial charge on any atom is -0.488 e. The molecule has 0 unspecified atom stereocenters. The molecule has 0 bridgehead atoms. The van der Waals surface area contributed by atoms with Crippen molar-refractivity contribution in [2.75, 3.05) is 18.1 Å². The van der Waals surface area contributed by atoms with Crippen molar-refractivity contribution in [3.05, 3.63) is 95.3 Å². The predicted octanol–water partition coefficient (Wildman–Crippen LogP) is 4.28. The molecule has 1 aliphatic rings. The maximum Gasteiger partial charge on any atom is 0.251 e. The molecule has 3 aromatic rings. The van der Waals surface area contributed by atoms with E-state index >= 15 is 0 Å². The Kier molecular flexibility index (Phi) is 5.98. The van der Waals surface area contributed by atoms with E-state index in [1.165, 1.54) is 13.0 Å². The fourth-order valence-electron chi connectivity index (χ4n) is 3.75. The van der Waals surface area contributed by atoms with E-state index in [1.807, 2.05) is 42.5 Å². The summed E-state index contributed by atoms with van der Waals surface area (Å²) in [6, 6.07) is 20.5. The standard InChI is InChI=1S/C25H23FN2O3/c1-17(29)28-14-13-19-15-20(11-12-23(19)28)25(30)27-22(18-7-3-2-4-8-18)16-31-24-10-6-5-9-21(24)26/h2-12,15,22H,13-14,16H2,1H3,(H,27,30)/t22-/m1/s1. The monoisotopic (exact) mass is 418 g/mol. The van der Waals surface area contributed by atoms with Gasteiger partial charge in [0, 0.05) is 24.7 Å². The second kappa shape index (κ2) is 9.00. The van der Waals surface area contributed by atoms with Gasteiger partial charge in [0.05, 0.1) is 6.04 Å². The van der Waals surface area contributed by atoms with Crippen molar-refractivity contribution in [2.24, 2.45) is 0 Å². The summed E-state index contributed by atoms with van der Waals surface area (Å²) in [5.41, 5.74) is 3.19. The van der Waals surface area contributed by atoms with Crippen LogP contribution in [-0.4, -0.2) is 25.0 Å². The van der Waals surface area contributed by atoms with Crippen molar-refractivity contribution in [1.82, 2.24) is 5.32 Å². The van der Waals surface area contributed by atoms with E-state index in [0.29, 0.717) is 18.5 Å². The quantitative estimate of drug-likeness (QED) is 0.650. The minimum absolute atomic E-state index is 0.00890. The molecule has 0 saturated heterocycles. The molecule has 1 aliphatic heterocycles. The number of amides is 2. The van der Waals surface area contributed by atoms with Gasteiger partial charge in [0.1, 0.15) is 6.61 Å². The number of halogens is 1. The van der Waals surface area contributed by atoms with Crippen molar-refractivity contribution in [1.29, 1.82) is 0 Å². The number of carbonyl (C=O) groups is 2. The molecule has 3 aromatic carbocycles. The Labute approximate surface area is 180 Å². The zero-order chi connectivity index (χ0) is 21.8. The zero-order valence-electron chi connectivity index (χ0n) is 17.2. The fraction of sp³-hybridized carbons (Fsp3) is 0.200. The molecule has 0 radical (unpaired) electrons. The Hall–Kier alpha value is -3.67. The van der Waals surface area contributed by atoms with Crippen LogP contribution in [0, 0.1) is 5.82 Å². The Morgan fingerprint density at radius 2 is 1.81 bits per heavy atom. The molecule has 1 atom stereocenters. The van der Waals surface area contributed by atoms with Gasteiger partial charge < -0.3 is 15.0 Å². The van der Waals surface area contributed by atoms with E-state index in [0.717, 1.165) is 16.8 Å². The lowest BCUT2D eigenvalue weighted by Crippen LogP contribution is -2.32. The number of para-hydroxylation sites is 1. The first-order chi connectivity index (χ1) is 15.0. The molecule has 158 valence electrons. The second-order valence-corrected chi connectivity index (χ2v) is 7.44. The lowest BCUT2D eigenvalue weighted by Gasteiger charge is -2.20. The van der Waals surface area contributed by atoms with Crippen molar-refractivity contribution < 1.29 is 18.7 Å². The highest BCUT2D eigenvalue weighted by molar-refractivity contribution is 5.98. The molecule has 5 nitrogen and oxygen atoms in total. The predicted molar refractivity (Wildman–Crippen MR) is 117 cm³/mol. The lowest BCUT2D eigenvalue weighted by atomic mass is 10.1. The molecule has 0 fully saturated rings. The first-order valence-electron chi connectivity index (χ1n) is 10.2. The molecule has 0 saturated carbocycles. The average Bonchev–Trinajstić information content (AvgIpc) is 3.21. The van der Waals surface area contributed by atoms with Crippen molar-refractivity contribution in [3.8, 4) is 5.75 Å². The molecule has 31 heavy (non-hydrogen) atoms. The summed E-state index contributed by atoms with van der Waals surface area (Å²) < 4.78 is 19.6. The van der Waals surface area contributed by atoms with Gasteiger partial charge >= 0.3 is 0 Å². The number of rotatable bonds is 6. The Morgan fingerprint density at radius 3 is 2.55 bits per heavy atom. The maximum atomic E-state index is 13.9. The van der Waals surface area contributed by atoms with Gasteiger partial charge in [-0.05, 0) is 47.9 Å². The summed E-state index contributed by atoms with van der Waals surface area (Å²) >= 11 is 0. The van der Waals surface area contributed by atoms with Crippen molar-refractivity contribution >= 4 is 17.5 Å². The SMILES string of the molecule is CC(=O)N1CCc2cc(C(=O)N[C@H](COc3ccccc3F)c3ccccc3)ccc21. The third-order valence-corrected chi connectivity index (χ3v) is 5.37. The third-order valence-electron chi connectivity index (χ3n) is 5.37. The summed E-state index contributed by atoms with van der Waals surface area (Å²) in [6.07, 6.45) is 0.717. The van der Waals surface area contributed by atoms with Gasteiger partial charge in [0.2, 0.25) is 5.91 Å². The number of nitrogens with one attached hydrogen (secondary N) is 1. The highest BCUT2D eigenvalue weighted by atomic mass is 19.1. The molecule has 0 aliphatic carbocycles. The van der Waals surface area contributed by atoms with E-state index in [-0.39, 0.29) is 24.2 Å². The first kappa shape index (κ1) is 20.6. The third kappa shape index (κ3) is 4.58. The van der Waals surface area contributed by atoms with Crippen molar-refractivity contribution in [2.45, 2.75) is 19.4 Å². The van der Waals surface area contributed by atoms with Crippen LogP contribution in [0.1, 0.15) is 34.5 Å². The Morgan fingerprint density at radius 1 is 1.06 bits per heavy atom. The normalized spacial score (nSPS) is 13.4. The molecule has 6 heteroatoms. The average molecular weight is 418 g/mol. The van der Waals surface area contributed by atoms with Crippen LogP contribution in [0.5, 0.6) is 5.75 Å². The van der Waals surface area contributed by atoms with Crippen LogP contribution >= 0.6 is 0 Å². The molecule has 4 rings (SSSR count). The summed E-state index contributed by atoms with van der Waals surface area (Å²) in [5, 5.41) is 3.00. The van der Waals surface area contributed by atoms with Gasteiger partial charge in [-0.15, -0.1) is 0 Å². The van der Waals surface area contributed by atoms with Crippen LogP contribution in [0.4, 0.5) is 10.1 Å². The number of fused-ring (bicyclic) bond motifs is 1. The summed E-state index contributed by atoms with van der Waals surface area (Å²) in [5.74, 6) is -0.575. The van der Waals surface area contributed by atoms with Gasteiger partial charge in [-0.1, -0.05) is 42.5 Å². The van der Waals surface area contributed by atoms with E-state index in [1.54, 1.807) is 29.2 Å². The molecular formula is C25H23FN2O3. The van der Waals surface area contributed by atoms with Gasteiger partial charge in [0.25, 0.3) is 5.91 Å². The van der Waals surface area contributed by atoms with Crippen LogP contribution in [0.15, 0.2) is 72.8 Å². The number of carbonyl (C=O) groups excluding carboxylic acids is 2. The van der Waals surface area contributed by atoms with Crippen LogP contribution in [0.2, 0.25) is 0 Å². The van der Waals surface area contributed by atoms with E-state index in [9.17, 15) is 14.0 Å². The van der Waals surface area contributed by atoms with Crippen LogP contribution in [-0.2, 0) is 11.2 Å². The molecule has 1 N–H and O–H groups in total. The topological polar surface area (TPSA) is 58.6 Å². The van der Waals surface area contributed by atoms with Gasteiger partial charge in [-0.3, -0.25) is 9.59 Å². The van der Waals surface area contributed by atoms with Gasteiger partial charge in [0.15, 0.2) is 11.6 Å². The summed E-state index contributed by atoms with van der Waals surface area (Å²) in [6.45, 7) is 2.24. The van der Waals surface area contributed by atoms with E-state index < -0.39 is 11.9 Å². The highest BCUT2D eigenvalue weighted by Gasteiger charge is 2.24. The highest BCUT2D eigenvalue weighted by Crippen LogP contribution is 2.29. The van der Waals surface area contributed by atoms with Gasteiger partial charge in [-0.2, -0.15) is 0 Å². The largest absolute Gasteiger partial charge is 0.488 e. The van der Waals surface area contributed by atoms with Crippen molar-refractivity contribution in [3.63, 3.8) is 0 Å². The number of hydrogen-bond donors (Lipinski definition) is 1. The Balaban J connectivity index is 1.52. The maximum absolute atomic E-state index is 13.9. The van der Waals surface area contributed by atoms with E-state index in [2.05, 4.69) is 5.32 Å². The molecule has 0 aromatic heterocycles. The number of hydrogen-bond acceptors (Lipinski definition) is 3. The van der Waals surface area contributed by atoms with Crippen LogP contribution in [0.25, 0.3) is 0 Å². The first-order valence-corrected chi connectivity index (χ1v) is 10.2. The lowest BCUT2D eigenvalue weighted by molar-refractivity contribution is -0.116. The molecule has 0 spiro atoms. The number of benzene rings is 3. The molecule has 2 amide bonds. The number of nitrogens with zero attached hydrogens (tertiary/aromatic N) is 1. The van der Waals surface area contributed by atoms with E-state index in [4.69, 9.17) is 4.74 Å². The number of ether oxygens (including phenoxy) is 1.